The normalized spacial score (nSPS) is 14.3. The highest BCUT2D eigenvalue weighted by molar-refractivity contribution is 14.1. The molecule has 0 bridgehead atoms. The summed E-state index contributed by atoms with van der Waals surface area (Å²) < 4.78 is 1.18. The third-order valence-corrected chi connectivity index (χ3v) is 4.39. The summed E-state index contributed by atoms with van der Waals surface area (Å²) >= 11 is 2.37. The van der Waals surface area contributed by atoms with Gasteiger partial charge in [0.15, 0.2) is 5.82 Å². The molecule has 0 spiro atoms. The Hall–Kier alpha value is -1.24. The highest BCUT2D eigenvalue weighted by Crippen LogP contribution is 2.42. The van der Waals surface area contributed by atoms with Crippen LogP contribution in [0.4, 0.5) is 5.82 Å². The van der Waals surface area contributed by atoms with Gasteiger partial charge in [-0.05, 0) is 54.0 Å². The monoisotopic (exact) mass is 380 g/mol. The molecule has 0 atom stereocenters. The maximum atomic E-state index is 4.79. The molecular formula is C15H17IN4. The van der Waals surface area contributed by atoms with E-state index in [9.17, 15) is 0 Å². The van der Waals surface area contributed by atoms with Gasteiger partial charge in [0.2, 0.25) is 0 Å². The summed E-state index contributed by atoms with van der Waals surface area (Å²) in [4.78, 5) is 13.5. The first-order chi connectivity index (χ1) is 9.79. The predicted molar refractivity (Wildman–Crippen MR) is 88.7 cm³/mol. The molecule has 4 nitrogen and oxygen atoms in total. The first-order valence-corrected chi connectivity index (χ1v) is 8.09. The van der Waals surface area contributed by atoms with Crippen LogP contribution in [0.15, 0.2) is 24.5 Å². The van der Waals surface area contributed by atoms with Crippen molar-refractivity contribution in [2.75, 3.05) is 11.9 Å². The van der Waals surface area contributed by atoms with Crippen LogP contribution in [0.3, 0.4) is 0 Å². The molecule has 2 aromatic rings. The molecule has 1 aliphatic rings. The molecule has 0 radical (unpaired) electrons. The van der Waals surface area contributed by atoms with Crippen molar-refractivity contribution in [3.05, 3.63) is 33.8 Å². The third-order valence-electron chi connectivity index (χ3n) is 3.32. The topological polar surface area (TPSA) is 50.7 Å². The fourth-order valence-electron chi connectivity index (χ4n) is 2.08. The van der Waals surface area contributed by atoms with Gasteiger partial charge in [-0.2, -0.15) is 0 Å². The Balaban J connectivity index is 2.03. The van der Waals surface area contributed by atoms with Crippen molar-refractivity contribution >= 4 is 28.4 Å². The Morgan fingerprint density at radius 1 is 1.25 bits per heavy atom. The highest BCUT2D eigenvalue weighted by atomic mass is 127. The van der Waals surface area contributed by atoms with Crippen molar-refractivity contribution in [3.8, 4) is 11.4 Å². The summed E-state index contributed by atoms with van der Waals surface area (Å²) in [5, 5.41) is 3.42. The van der Waals surface area contributed by atoms with E-state index in [1.165, 1.54) is 22.1 Å². The lowest BCUT2D eigenvalue weighted by Crippen LogP contribution is -2.08. The molecule has 0 unspecified atom stereocenters. The molecule has 0 amide bonds. The summed E-state index contributed by atoms with van der Waals surface area (Å²) in [6.45, 7) is 3.10. The van der Waals surface area contributed by atoms with Crippen LogP contribution in [0.25, 0.3) is 11.4 Å². The predicted octanol–water partition coefficient (Wildman–Crippen LogP) is 3.84. The van der Waals surface area contributed by atoms with E-state index < -0.39 is 0 Å². The SMILES string of the molecule is CCCNc1nc(-c2ccncc2)nc(C2CC2)c1I. The number of rotatable bonds is 5. The molecule has 2 heterocycles. The molecule has 5 heteroatoms. The highest BCUT2D eigenvalue weighted by Gasteiger charge is 2.29. The number of nitrogens with one attached hydrogen (secondary N) is 1. The molecule has 104 valence electrons. The summed E-state index contributed by atoms with van der Waals surface area (Å²) in [5.74, 6) is 2.39. The Bertz CT molecular complexity index is 596. The fraction of sp³-hybridized carbons (Fsp3) is 0.400. The third kappa shape index (κ3) is 2.92. The number of halogens is 1. The maximum absolute atomic E-state index is 4.79. The average molecular weight is 380 g/mol. The molecule has 1 N–H and O–H groups in total. The van der Waals surface area contributed by atoms with E-state index in [1.807, 2.05) is 12.1 Å². The van der Waals surface area contributed by atoms with Crippen LogP contribution >= 0.6 is 22.6 Å². The van der Waals surface area contributed by atoms with Crippen molar-refractivity contribution in [2.24, 2.45) is 0 Å². The van der Waals surface area contributed by atoms with Crippen molar-refractivity contribution in [1.82, 2.24) is 15.0 Å². The van der Waals surface area contributed by atoms with Crippen LogP contribution < -0.4 is 5.32 Å². The van der Waals surface area contributed by atoms with Crippen molar-refractivity contribution in [2.45, 2.75) is 32.1 Å². The standard InChI is InChI=1S/C15H17IN4/c1-2-7-18-15-12(16)13(10-3-4-10)19-14(20-15)11-5-8-17-9-6-11/h5-6,8-10H,2-4,7H2,1H3,(H,18,19,20). The van der Waals surface area contributed by atoms with E-state index in [0.29, 0.717) is 5.92 Å². The van der Waals surface area contributed by atoms with Crippen LogP contribution in [-0.4, -0.2) is 21.5 Å². The minimum Gasteiger partial charge on any atom is -0.369 e. The molecule has 20 heavy (non-hydrogen) atoms. The number of aromatic nitrogens is 3. The maximum Gasteiger partial charge on any atom is 0.161 e. The number of hydrogen-bond acceptors (Lipinski definition) is 4. The first kappa shape index (κ1) is 13.7. The van der Waals surface area contributed by atoms with E-state index in [-0.39, 0.29) is 0 Å². The van der Waals surface area contributed by atoms with Gasteiger partial charge in [-0.3, -0.25) is 4.98 Å². The Kier molecular flexibility index (Phi) is 4.14. The van der Waals surface area contributed by atoms with Gasteiger partial charge in [-0.1, -0.05) is 6.92 Å². The van der Waals surface area contributed by atoms with Gasteiger partial charge in [-0.15, -0.1) is 0 Å². The second kappa shape index (κ2) is 6.03. The zero-order valence-electron chi connectivity index (χ0n) is 11.4. The summed E-state index contributed by atoms with van der Waals surface area (Å²) in [5.41, 5.74) is 2.23. The quantitative estimate of drug-likeness (QED) is 0.801. The molecule has 1 aliphatic carbocycles. The fourth-order valence-corrected chi connectivity index (χ4v) is 2.95. The van der Waals surface area contributed by atoms with Crippen LogP contribution in [0.2, 0.25) is 0 Å². The van der Waals surface area contributed by atoms with Crippen LogP contribution in [0.5, 0.6) is 0 Å². The molecule has 3 rings (SSSR count). The number of anilines is 1. The minimum atomic E-state index is 0.618. The van der Waals surface area contributed by atoms with Gasteiger partial charge in [0, 0.05) is 30.4 Å². The molecule has 2 aromatic heterocycles. The number of nitrogens with zero attached hydrogens (tertiary/aromatic N) is 3. The molecule has 0 aliphatic heterocycles. The number of hydrogen-bond donors (Lipinski definition) is 1. The van der Waals surface area contributed by atoms with Gasteiger partial charge in [0.25, 0.3) is 0 Å². The first-order valence-electron chi connectivity index (χ1n) is 7.01. The lowest BCUT2D eigenvalue weighted by molar-refractivity contribution is 0.938. The second-order valence-corrected chi connectivity index (χ2v) is 6.11. The molecular weight excluding hydrogens is 363 g/mol. The van der Waals surface area contributed by atoms with E-state index in [4.69, 9.17) is 9.97 Å². The summed E-state index contributed by atoms with van der Waals surface area (Å²) in [6, 6.07) is 3.92. The Morgan fingerprint density at radius 2 is 2.00 bits per heavy atom. The lowest BCUT2D eigenvalue weighted by Gasteiger charge is -2.12. The number of pyridine rings is 1. The molecule has 1 fully saturated rings. The zero-order chi connectivity index (χ0) is 13.9. The van der Waals surface area contributed by atoms with Crippen LogP contribution in [0.1, 0.15) is 37.8 Å². The van der Waals surface area contributed by atoms with E-state index in [1.54, 1.807) is 12.4 Å². The van der Waals surface area contributed by atoms with E-state index in [2.05, 4.69) is 39.8 Å². The van der Waals surface area contributed by atoms with E-state index >= 15 is 0 Å². The van der Waals surface area contributed by atoms with Crippen molar-refractivity contribution in [3.63, 3.8) is 0 Å². The Labute approximate surface area is 132 Å². The van der Waals surface area contributed by atoms with E-state index in [0.717, 1.165) is 30.2 Å². The molecule has 1 saturated carbocycles. The molecule has 0 aromatic carbocycles. The lowest BCUT2D eigenvalue weighted by atomic mass is 10.2. The van der Waals surface area contributed by atoms with Gasteiger partial charge in [-0.25, -0.2) is 9.97 Å². The average Bonchev–Trinajstić information content (AvgIpc) is 3.32. The zero-order valence-corrected chi connectivity index (χ0v) is 13.6. The Morgan fingerprint density at radius 3 is 2.65 bits per heavy atom. The largest absolute Gasteiger partial charge is 0.369 e. The summed E-state index contributed by atoms with van der Waals surface area (Å²) in [7, 11) is 0. The van der Waals surface area contributed by atoms with Gasteiger partial charge in [0.05, 0.1) is 9.26 Å². The van der Waals surface area contributed by atoms with Crippen LogP contribution in [-0.2, 0) is 0 Å². The minimum absolute atomic E-state index is 0.618. The second-order valence-electron chi connectivity index (χ2n) is 5.03. The van der Waals surface area contributed by atoms with Gasteiger partial charge < -0.3 is 5.32 Å². The van der Waals surface area contributed by atoms with Gasteiger partial charge in [0.1, 0.15) is 5.82 Å². The smallest absolute Gasteiger partial charge is 0.161 e. The summed E-state index contributed by atoms with van der Waals surface area (Å²) in [6.07, 6.45) is 7.15. The van der Waals surface area contributed by atoms with Crippen LogP contribution in [0, 0.1) is 3.57 Å². The van der Waals surface area contributed by atoms with Gasteiger partial charge >= 0.3 is 0 Å². The van der Waals surface area contributed by atoms with Crippen molar-refractivity contribution < 1.29 is 0 Å². The molecule has 0 saturated heterocycles. The van der Waals surface area contributed by atoms with Crippen molar-refractivity contribution in [1.29, 1.82) is 0 Å².